The maximum absolute atomic E-state index is 12.1. The fourth-order valence-corrected chi connectivity index (χ4v) is 2.16. The second-order valence-corrected chi connectivity index (χ2v) is 5.64. The molecular formula is C17H15ClN2O5. The van der Waals surface area contributed by atoms with Crippen molar-refractivity contribution in [3.05, 3.63) is 69.2 Å². The second kappa shape index (κ2) is 8.25. The fourth-order valence-electron chi connectivity index (χ4n) is 2.03. The number of carbonyl (C=O) groups is 2. The number of nitro groups is 1. The smallest absolute Gasteiger partial charge is 0.311 e. The fraction of sp³-hybridized carbons (Fsp3) is 0.176. The Morgan fingerprint density at radius 3 is 2.48 bits per heavy atom. The van der Waals surface area contributed by atoms with Gasteiger partial charge >= 0.3 is 5.97 Å². The number of benzene rings is 2. The standard InChI is InChI=1S/C17H15ClN2O5/c1-11(25-16(21)10-12-6-8-13(18)9-7-12)17(22)19-14-4-2-3-5-15(14)20(23)24/h2-9,11H,10H2,1H3,(H,19,22)/t11-/m1/s1. The van der Waals surface area contributed by atoms with Crippen molar-refractivity contribution in [1.82, 2.24) is 0 Å². The Morgan fingerprint density at radius 2 is 1.84 bits per heavy atom. The molecule has 0 aromatic heterocycles. The third-order valence-corrected chi connectivity index (χ3v) is 3.55. The Morgan fingerprint density at radius 1 is 1.20 bits per heavy atom. The van der Waals surface area contributed by atoms with E-state index in [0.717, 1.165) is 0 Å². The average molecular weight is 363 g/mol. The maximum Gasteiger partial charge on any atom is 0.311 e. The molecule has 0 unspecified atom stereocenters. The van der Waals surface area contributed by atoms with E-state index in [1.807, 2.05) is 0 Å². The van der Waals surface area contributed by atoms with Gasteiger partial charge in [0, 0.05) is 11.1 Å². The number of esters is 1. The molecule has 1 amide bonds. The SMILES string of the molecule is C[C@@H](OC(=O)Cc1ccc(Cl)cc1)C(=O)Nc1ccccc1[N+](=O)[O-]. The number of anilines is 1. The van der Waals surface area contributed by atoms with Crippen molar-refractivity contribution in [2.24, 2.45) is 0 Å². The molecule has 7 nitrogen and oxygen atoms in total. The first-order valence-electron chi connectivity index (χ1n) is 7.35. The number of hydrogen-bond donors (Lipinski definition) is 1. The van der Waals surface area contributed by atoms with Crippen molar-refractivity contribution in [2.45, 2.75) is 19.4 Å². The predicted octanol–water partition coefficient (Wildman–Crippen LogP) is 3.36. The van der Waals surface area contributed by atoms with Crippen LogP contribution in [0.3, 0.4) is 0 Å². The van der Waals surface area contributed by atoms with Gasteiger partial charge in [0.15, 0.2) is 6.10 Å². The summed E-state index contributed by atoms with van der Waals surface area (Å²) in [5, 5.41) is 13.9. The van der Waals surface area contributed by atoms with Gasteiger partial charge in [-0.15, -0.1) is 0 Å². The molecular weight excluding hydrogens is 348 g/mol. The van der Waals surface area contributed by atoms with Crippen LogP contribution in [0.25, 0.3) is 0 Å². The van der Waals surface area contributed by atoms with Crippen molar-refractivity contribution in [1.29, 1.82) is 0 Å². The minimum absolute atomic E-state index is 0.0136. The molecule has 0 saturated carbocycles. The Hall–Kier alpha value is -2.93. The van der Waals surface area contributed by atoms with Crippen LogP contribution in [0.1, 0.15) is 12.5 Å². The summed E-state index contributed by atoms with van der Waals surface area (Å²) in [7, 11) is 0. The van der Waals surface area contributed by atoms with E-state index in [9.17, 15) is 19.7 Å². The zero-order chi connectivity index (χ0) is 18.4. The number of hydrogen-bond acceptors (Lipinski definition) is 5. The molecule has 1 atom stereocenters. The van der Waals surface area contributed by atoms with E-state index < -0.39 is 22.9 Å². The molecule has 0 spiro atoms. The number of nitrogens with one attached hydrogen (secondary N) is 1. The highest BCUT2D eigenvalue weighted by molar-refractivity contribution is 6.30. The Kier molecular flexibility index (Phi) is 6.08. The van der Waals surface area contributed by atoms with E-state index in [2.05, 4.69) is 5.32 Å². The molecule has 130 valence electrons. The molecule has 25 heavy (non-hydrogen) atoms. The van der Waals surface area contributed by atoms with Gasteiger partial charge in [-0.25, -0.2) is 0 Å². The average Bonchev–Trinajstić information content (AvgIpc) is 2.57. The van der Waals surface area contributed by atoms with Crippen LogP contribution < -0.4 is 5.32 Å². The van der Waals surface area contributed by atoms with Crippen LogP contribution in [0.2, 0.25) is 5.02 Å². The highest BCUT2D eigenvalue weighted by Gasteiger charge is 2.21. The minimum atomic E-state index is -1.10. The topological polar surface area (TPSA) is 98.5 Å². The molecule has 2 aromatic carbocycles. The Bertz CT molecular complexity index is 792. The molecule has 0 heterocycles. The van der Waals surface area contributed by atoms with E-state index in [4.69, 9.17) is 16.3 Å². The lowest BCUT2D eigenvalue weighted by atomic mass is 10.1. The van der Waals surface area contributed by atoms with Crippen LogP contribution in [-0.2, 0) is 20.7 Å². The number of nitro benzene ring substituents is 1. The second-order valence-electron chi connectivity index (χ2n) is 5.20. The first kappa shape index (κ1) is 18.4. The van der Waals surface area contributed by atoms with Gasteiger partial charge in [-0.05, 0) is 30.7 Å². The van der Waals surface area contributed by atoms with Crippen LogP contribution in [-0.4, -0.2) is 22.9 Å². The van der Waals surface area contributed by atoms with Gasteiger partial charge in [0.05, 0.1) is 11.3 Å². The third kappa shape index (κ3) is 5.29. The van der Waals surface area contributed by atoms with E-state index >= 15 is 0 Å². The highest BCUT2D eigenvalue weighted by Crippen LogP contribution is 2.23. The Balaban J connectivity index is 1.95. The largest absolute Gasteiger partial charge is 0.452 e. The van der Waals surface area contributed by atoms with Gasteiger partial charge in [0.2, 0.25) is 0 Å². The van der Waals surface area contributed by atoms with Gasteiger partial charge in [-0.3, -0.25) is 19.7 Å². The monoisotopic (exact) mass is 362 g/mol. The van der Waals surface area contributed by atoms with Crippen molar-refractivity contribution >= 4 is 34.9 Å². The number of para-hydroxylation sites is 2. The zero-order valence-electron chi connectivity index (χ0n) is 13.3. The molecule has 0 aliphatic rings. The summed E-state index contributed by atoms with van der Waals surface area (Å²) in [6.07, 6.45) is -1.11. The summed E-state index contributed by atoms with van der Waals surface area (Å²) in [4.78, 5) is 34.3. The number of carbonyl (C=O) groups excluding carboxylic acids is 2. The van der Waals surface area contributed by atoms with E-state index in [1.165, 1.54) is 25.1 Å². The van der Waals surface area contributed by atoms with Crippen molar-refractivity contribution in [3.8, 4) is 0 Å². The zero-order valence-corrected chi connectivity index (χ0v) is 14.0. The third-order valence-electron chi connectivity index (χ3n) is 3.30. The summed E-state index contributed by atoms with van der Waals surface area (Å²) < 4.78 is 5.07. The molecule has 0 aliphatic heterocycles. The first-order valence-corrected chi connectivity index (χ1v) is 7.73. The lowest BCUT2D eigenvalue weighted by molar-refractivity contribution is -0.383. The van der Waals surface area contributed by atoms with Gasteiger partial charge in [0.25, 0.3) is 11.6 Å². The van der Waals surface area contributed by atoms with Crippen molar-refractivity contribution < 1.29 is 19.2 Å². The number of nitrogens with zero attached hydrogens (tertiary/aromatic N) is 1. The van der Waals surface area contributed by atoms with Crippen LogP contribution in [0.15, 0.2) is 48.5 Å². The van der Waals surface area contributed by atoms with Gasteiger partial charge in [-0.1, -0.05) is 35.9 Å². The summed E-state index contributed by atoms with van der Waals surface area (Å²) in [6, 6.07) is 12.4. The normalized spacial score (nSPS) is 11.4. The van der Waals surface area contributed by atoms with Gasteiger partial charge < -0.3 is 10.1 Å². The quantitative estimate of drug-likeness (QED) is 0.482. The number of rotatable bonds is 6. The lowest BCUT2D eigenvalue weighted by Gasteiger charge is -2.13. The molecule has 8 heteroatoms. The molecule has 2 rings (SSSR count). The molecule has 0 saturated heterocycles. The lowest BCUT2D eigenvalue weighted by Crippen LogP contribution is -2.30. The first-order chi connectivity index (χ1) is 11.9. The summed E-state index contributed by atoms with van der Waals surface area (Å²) in [5.74, 6) is -1.24. The summed E-state index contributed by atoms with van der Waals surface area (Å²) in [5.41, 5.74) is 0.495. The van der Waals surface area contributed by atoms with Crippen LogP contribution in [0.4, 0.5) is 11.4 Å². The van der Waals surface area contributed by atoms with Gasteiger partial charge in [0.1, 0.15) is 5.69 Å². The van der Waals surface area contributed by atoms with Crippen LogP contribution >= 0.6 is 11.6 Å². The molecule has 0 radical (unpaired) electrons. The highest BCUT2D eigenvalue weighted by atomic mass is 35.5. The molecule has 0 aliphatic carbocycles. The van der Waals surface area contributed by atoms with E-state index in [0.29, 0.717) is 10.6 Å². The number of amides is 1. The number of ether oxygens (including phenoxy) is 1. The predicted molar refractivity (Wildman–Crippen MR) is 92.4 cm³/mol. The van der Waals surface area contributed by atoms with Crippen molar-refractivity contribution in [3.63, 3.8) is 0 Å². The summed E-state index contributed by atoms with van der Waals surface area (Å²) >= 11 is 5.77. The van der Waals surface area contributed by atoms with Crippen molar-refractivity contribution in [2.75, 3.05) is 5.32 Å². The molecule has 0 fully saturated rings. The van der Waals surface area contributed by atoms with Crippen LogP contribution in [0.5, 0.6) is 0 Å². The Labute approximate surface area is 148 Å². The van der Waals surface area contributed by atoms with Gasteiger partial charge in [-0.2, -0.15) is 0 Å². The molecule has 1 N–H and O–H groups in total. The molecule has 0 bridgehead atoms. The van der Waals surface area contributed by atoms with Crippen LogP contribution in [0, 0.1) is 10.1 Å². The molecule has 2 aromatic rings. The van der Waals surface area contributed by atoms with E-state index in [-0.39, 0.29) is 17.8 Å². The maximum atomic E-state index is 12.1. The van der Waals surface area contributed by atoms with E-state index in [1.54, 1.807) is 30.3 Å². The number of halogens is 1. The summed E-state index contributed by atoms with van der Waals surface area (Å²) in [6.45, 7) is 1.39. The minimum Gasteiger partial charge on any atom is -0.452 e.